The smallest absolute Gasteiger partial charge is 0.336 e. The molecule has 1 rings (SSSR count). The van der Waals surface area contributed by atoms with E-state index in [1.165, 1.54) is 0 Å². The van der Waals surface area contributed by atoms with Crippen LogP contribution in [-0.4, -0.2) is 17.7 Å². The molecule has 3 heteroatoms. The molecule has 0 saturated heterocycles. The molecule has 0 spiro atoms. The third-order valence-corrected chi connectivity index (χ3v) is 2.62. The van der Waals surface area contributed by atoms with Crippen LogP contribution < -0.4 is 0 Å². The summed E-state index contributed by atoms with van der Waals surface area (Å²) in [5.41, 5.74) is 1.68. The van der Waals surface area contributed by atoms with E-state index in [-0.39, 0.29) is 11.5 Å². The van der Waals surface area contributed by atoms with Gasteiger partial charge in [0.2, 0.25) is 0 Å². The lowest BCUT2D eigenvalue weighted by Gasteiger charge is -2.16. The second kappa shape index (κ2) is 6.36. The van der Waals surface area contributed by atoms with Crippen molar-refractivity contribution >= 4 is 5.97 Å². The Kier molecular flexibility index (Phi) is 5.10. The average molecular weight is 248 g/mol. The van der Waals surface area contributed by atoms with E-state index >= 15 is 0 Å². The topological polar surface area (TPSA) is 46.5 Å². The lowest BCUT2D eigenvalue weighted by molar-refractivity contribution is -0.141. The second-order valence-corrected chi connectivity index (χ2v) is 4.78. The number of hydrogen-bond acceptors (Lipinski definition) is 3. The molecule has 1 unspecified atom stereocenters. The van der Waals surface area contributed by atoms with Gasteiger partial charge in [-0.2, -0.15) is 0 Å². The predicted octanol–water partition coefficient (Wildman–Crippen LogP) is 2.78. The molecule has 0 saturated carbocycles. The van der Waals surface area contributed by atoms with Crippen molar-refractivity contribution in [3.63, 3.8) is 0 Å². The first-order chi connectivity index (χ1) is 8.43. The number of carbonyl (C=O) groups is 1. The molecule has 0 fully saturated rings. The maximum absolute atomic E-state index is 11.7. The summed E-state index contributed by atoms with van der Waals surface area (Å²) >= 11 is 0. The standard InChI is InChI=1S/C15H20O3/c1-10(2)9-18-15(17)12(4)14(16)13-8-6-5-7-11(13)3/h5-8,10,14,16H,4,9H2,1-3H3. The van der Waals surface area contributed by atoms with Crippen LogP contribution in [0.25, 0.3) is 0 Å². The van der Waals surface area contributed by atoms with E-state index in [1.807, 2.05) is 39.0 Å². The largest absolute Gasteiger partial charge is 0.462 e. The maximum atomic E-state index is 11.7. The van der Waals surface area contributed by atoms with Crippen LogP contribution in [-0.2, 0) is 9.53 Å². The zero-order chi connectivity index (χ0) is 13.7. The third kappa shape index (κ3) is 3.70. The number of aliphatic hydroxyl groups excluding tert-OH is 1. The number of hydrogen-bond donors (Lipinski definition) is 1. The van der Waals surface area contributed by atoms with Gasteiger partial charge in [0.25, 0.3) is 0 Å². The molecule has 98 valence electrons. The molecule has 1 N–H and O–H groups in total. The van der Waals surface area contributed by atoms with Gasteiger partial charge in [-0.1, -0.05) is 44.7 Å². The zero-order valence-corrected chi connectivity index (χ0v) is 11.1. The SMILES string of the molecule is C=C(C(=O)OCC(C)C)C(O)c1ccccc1C. The Hall–Kier alpha value is -1.61. The van der Waals surface area contributed by atoms with E-state index in [4.69, 9.17) is 4.74 Å². The fraction of sp³-hybridized carbons (Fsp3) is 0.400. The van der Waals surface area contributed by atoms with Crippen LogP contribution in [0.1, 0.15) is 31.1 Å². The number of esters is 1. The maximum Gasteiger partial charge on any atom is 0.336 e. The van der Waals surface area contributed by atoms with Crippen LogP contribution in [0.3, 0.4) is 0 Å². The van der Waals surface area contributed by atoms with Crippen LogP contribution in [0, 0.1) is 12.8 Å². The van der Waals surface area contributed by atoms with Crippen LogP contribution in [0.5, 0.6) is 0 Å². The van der Waals surface area contributed by atoms with Gasteiger partial charge in [0.05, 0.1) is 12.2 Å². The van der Waals surface area contributed by atoms with Gasteiger partial charge in [-0.05, 0) is 24.0 Å². The van der Waals surface area contributed by atoms with Gasteiger partial charge < -0.3 is 9.84 Å². The lowest BCUT2D eigenvalue weighted by Crippen LogP contribution is -2.16. The number of carbonyl (C=O) groups excluding carboxylic acids is 1. The molecule has 0 aromatic heterocycles. The first-order valence-electron chi connectivity index (χ1n) is 6.03. The first-order valence-corrected chi connectivity index (χ1v) is 6.03. The van der Waals surface area contributed by atoms with E-state index in [0.29, 0.717) is 12.2 Å². The van der Waals surface area contributed by atoms with Crippen molar-refractivity contribution in [1.29, 1.82) is 0 Å². The van der Waals surface area contributed by atoms with Crippen molar-refractivity contribution in [2.45, 2.75) is 26.9 Å². The highest BCUT2D eigenvalue weighted by Gasteiger charge is 2.21. The number of rotatable bonds is 5. The van der Waals surface area contributed by atoms with Gasteiger partial charge in [-0.3, -0.25) is 0 Å². The summed E-state index contributed by atoms with van der Waals surface area (Å²) in [5.74, 6) is -0.281. The highest BCUT2D eigenvalue weighted by molar-refractivity contribution is 5.89. The molecule has 0 aliphatic heterocycles. The molecule has 1 atom stereocenters. The Bertz CT molecular complexity index is 435. The van der Waals surface area contributed by atoms with Gasteiger partial charge >= 0.3 is 5.97 Å². The molecule has 1 aromatic rings. The van der Waals surface area contributed by atoms with E-state index in [1.54, 1.807) is 6.07 Å². The average Bonchev–Trinajstić information content (AvgIpc) is 2.34. The fourth-order valence-corrected chi connectivity index (χ4v) is 1.53. The summed E-state index contributed by atoms with van der Waals surface area (Å²) in [6.07, 6.45) is -1.01. The minimum atomic E-state index is -1.01. The molecule has 0 radical (unpaired) electrons. The summed E-state index contributed by atoms with van der Waals surface area (Å²) in [5, 5.41) is 10.1. The summed E-state index contributed by atoms with van der Waals surface area (Å²) in [6.45, 7) is 9.74. The number of aliphatic hydroxyl groups is 1. The Morgan fingerprint density at radius 1 is 1.39 bits per heavy atom. The second-order valence-electron chi connectivity index (χ2n) is 4.78. The molecule has 0 aliphatic rings. The first kappa shape index (κ1) is 14.5. The Balaban J connectivity index is 2.72. The predicted molar refractivity (Wildman–Crippen MR) is 71.1 cm³/mol. The molecule has 3 nitrogen and oxygen atoms in total. The van der Waals surface area contributed by atoms with Crippen LogP contribution in [0.2, 0.25) is 0 Å². The highest BCUT2D eigenvalue weighted by Crippen LogP contribution is 2.24. The Labute approximate surface area is 108 Å². The summed E-state index contributed by atoms with van der Waals surface area (Å²) in [7, 11) is 0. The van der Waals surface area contributed by atoms with Crippen LogP contribution >= 0.6 is 0 Å². The molecule has 0 heterocycles. The minimum Gasteiger partial charge on any atom is -0.462 e. The fourth-order valence-electron chi connectivity index (χ4n) is 1.53. The molecular formula is C15H20O3. The van der Waals surface area contributed by atoms with Crippen molar-refractivity contribution in [2.24, 2.45) is 5.92 Å². The molecular weight excluding hydrogens is 228 g/mol. The molecule has 0 amide bonds. The number of benzene rings is 1. The van der Waals surface area contributed by atoms with Crippen molar-refractivity contribution < 1.29 is 14.6 Å². The van der Waals surface area contributed by atoms with Gasteiger partial charge in [0, 0.05) is 0 Å². The molecule has 0 aliphatic carbocycles. The molecule has 18 heavy (non-hydrogen) atoms. The van der Waals surface area contributed by atoms with Crippen molar-refractivity contribution in [3.8, 4) is 0 Å². The Morgan fingerprint density at radius 2 is 2.00 bits per heavy atom. The highest BCUT2D eigenvalue weighted by atomic mass is 16.5. The Morgan fingerprint density at radius 3 is 2.56 bits per heavy atom. The van der Waals surface area contributed by atoms with Gasteiger partial charge in [0.15, 0.2) is 0 Å². The van der Waals surface area contributed by atoms with Gasteiger partial charge in [-0.15, -0.1) is 0 Å². The summed E-state index contributed by atoms with van der Waals surface area (Å²) in [6, 6.07) is 7.36. The lowest BCUT2D eigenvalue weighted by atomic mass is 9.98. The van der Waals surface area contributed by atoms with E-state index in [2.05, 4.69) is 6.58 Å². The van der Waals surface area contributed by atoms with Gasteiger partial charge in [0.1, 0.15) is 6.10 Å². The van der Waals surface area contributed by atoms with Crippen molar-refractivity contribution in [1.82, 2.24) is 0 Å². The van der Waals surface area contributed by atoms with Crippen molar-refractivity contribution in [2.75, 3.05) is 6.61 Å². The normalized spacial score (nSPS) is 12.3. The van der Waals surface area contributed by atoms with Crippen LogP contribution in [0.15, 0.2) is 36.4 Å². The zero-order valence-electron chi connectivity index (χ0n) is 11.1. The number of aryl methyl sites for hydroxylation is 1. The van der Waals surface area contributed by atoms with Crippen molar-refractivity contribution in [3.05, 3.63) is 47.5 Å². The minimum absolute atomic E-state index is 0.0740. The van der Waals surface area contributed by atoms with E-state index < -0.39 is 12.1 Å². The van der Waals surface area contributed by atoms with E-state index in [9.17, 15) is 9.90 Å². The van der Waals surface area contributed by atoms with E-state index in [0.717, 1.165) is 5.56 Å². The summed E-state index contributed by atoms with van der Waals surface area (Å²) in [4.78, 5) is 11.7. The monoisotopic (exact) mass is 248 g/mol. The molecule has 1 aromatic carbocycles. The molecule has 0 bridgehead atoms. The third-order valence-electron chi connectivity index (χ3n) is 2.62. The number of ether oxygens (including phenoxy) is 1. The van der Waals surface area contributed by atoms with Gasteiger partial charge in [-0.25, -0.2) is 4.79 Å². The van der Waals surface area contributed by atoms with Crippen LogP contribution in [0.4, 0.5) is 0 Å². The summed E-state index contributed by atoms with van der Waals surface area (Å²) < 4.78 is 5.05. The quantitative estimate of drug-likeness (QED) is 0.644.